The van der Waals surface area contributed by atoms with E-state index in [1.165, 1.54) is 0 Å². The van der Waals surface area contributed by atoms with Crippen LogP contribution < -0.4 is 0 Å². The molecule has 126 valence electrons. The Morgan fingerprint density at radius 3 is 2.83 bits per heavy atom. The van der Waals surface area contributed by atoms with Crippen LogP contribution in [-0.4, -0.2) is 41.1 Å². The van der Waals surface area contributed by atoms with Crippen molar-refractivity contribution in [1.82, 2.24) is 4.90 Å². The third kappa shape index (κ3) is 2.26. The molecule has 0 aliphatic carbocycles. The van der Waals surface area contributed by atoms with Crippen LogP contribution in [0.2, 0.25) is 0 Å². The zero-order valence-corrected chi connectivity index (χ0v) is 13.8. The zero-order chi connectivity index (χ0) is 16.9. The van der Waals surface area contributed by atoms with Crippen LogP contribution in [0.25, 0.3) is 0 Å². The Morgan fingerprint density at radius 1 is 1.38 bits per heavy atom. The van der Waals surface area contributed by atoms with Gasteiger partial charge in [0, 0.05) is 6.54 Å². The first kappa shape index (κ1) is 15.4. The number of fused-ring (bicyclic) bond motifs is 1. The van der Waals surface area contributed by atoms with Crippen LogP contribution in [-0.2, 0) is 25.6 Å². The van der Waals surface area contributed by atoms with E-state index in [0.29, 0.717) is 13.1 Å². The minimum Gasteiger partial charge on any atom is -0.463 e. The second-order valence-corrected chi connectivity index (χ2v) is 7.07. The normalized spacial score (nSPS) is 33.4. The summed E-state index contributed by atoms with van der Waals surface area (Å²) in [6.07, 6.45) is 3.32. The van der Waals surface area contributed by atoms with Gasteiger partial charge in [-0.3, -0.25) is 9.59 Å². The van der Waals surface area contributed by atoms with Gasteiger partial charge in [-0.1, -0.05) is 42.5 Å². The van der Waals surface area contributed by atoms with Crippen molar-refractivity contribution in [3.8, 4) is 0 Å². The number of nitrogens with zero attached hydrogens (tertiary/aromatic N) is 1. The number of benzene rings is 1. The van der Waals surface area contributed by atoms with Crippen molar-refractivity contribution in [1.29, 1.82) is 0 Å². The number of carbonyl (C=O) groups excluding carboxylic acids is 2. The highest BCUT2D eigenvalue weighted by atomic mass is 16.6. The van der Waals surface area contributed by atoms with Gasteiger partial charge in [-0.25, -0.2) is 0 Å². The number of amides is 1. The summed E-state index contributed by atoms with van der Waals surface area (Å²) in [7, 11) is 0. The fourth-order valence-corrected chi connectivity index (χ4v) is 4.10. The van der Waals surface area contributed by atoms with Gasteiger partial charge < -0.3 is 14.4 Å². The summed E-state index contributed by atoms with van der Waals surface area (Å²) in [5, 5.41) is 0. The van der Waals surface area contributed by atoms with Gasteiger partial charge in [0.05, 0.1) is 24.7 Å². The number of ether oxygens (including phenoxy) is 2. The van der Waals surface area contributed by atoms with Gasteiger partial charge in [0.1, 0.15) is 11.5 Å². The van der Waals surface area contributed by atoms with Gasteiger partial charge in [0.25, 0.3) is 0 Å². The molecular weight excluding hydrogens is 306 g/mol. The molecule has 5 nitrogen and oxygen atoms in total. The summed E-state index contributed by atoms with van der Waals surface area (Å²) in [4.78, 5) is 27.3. The molecule has 0 N–H and O–H groups in total. The quantitative estimate of drug-likeness (QED) is 0.626. The Balaban J connectivity index is 1.58. The van der Waals surface area contributed by atoms with Crippen molar-refractivity contribution in [3.05, 3.63) is 48.0 Å². The summed E-state index contributed by atoms with van der Waals surface area (Å²) in [5.41, 5.74) is 0.402. The maximum Gasteiger partial charge on any atom is 0.313 e. The van der Waals surface area contributed by atoms with Gasteiger partial charge in [0.2, 0.25) is 5.91 Å². The standard InChI is InChI=1S/C19H21NO4/c1-12(2)23-18(22)15-14-8-9-19(24-14)11-20(17(21)16(15)19)10-13-6-4-3-5-7-13/h3-9,12,14-16H,10-11H2,1-2H3/t14-,15-,16+,19-/m1/s1. The summed E-state index contributed by atoms with van der Waals surface area (Å²) < 4.78 is 11.4. The highest BCUT2D eigenvalue weighted by Gasteiger charge is 2.67. The minimum atomic E-state index is -0.669. The van der Waals surface area contributed by atoms with Crippen molar-refractivity contribution in [2.45, 2.75) is 38.2 Å². The molecule has 0 saturated carbocycles. The van der Waals surface area contributed by atoms with E-state index in [1.54, 1.807) is 4.90 Å². The molecule has 1 amide bonds. The van der Waals surface area contributed by atoms with Gasteiger partial charge in [-0.05, 0) is 19.4 Å². The molecule has 4 atom stereocenters. The molecule has 1 aromatic rings. The molecule has 1 aromatic carbocycles. The molecule has 5 heteroatoms. The third-order valence-electron chi connectivity index (χ3n) is 5.02. The molecule has 4 rings (SSSR count). The Labute approximate surface area is 141 Å². The van der Waals surface area contributed by atoms with Gasteiger partial charge >= 0.3 is 5.97 Å². The monoisotopic (exact) mass is 327 g/mol. The lowest BCUT2D eigenvalue weighted by Gasteiger charge is -2.23. The van der Waals surface area contributed by atoms with Crippen LogP contribution in [0.4, 0.5) is 0 Å². The molecular formula is C19H21NO4. The van der Waals surface area contributed by atoms with E-state index >= 15 is 0 Å². The van der Waals surface area contributed by atoms with E-state index in [-0.39, 0.29) is 24.1 Å². The average Bonchev–Trinajstić information content (AvgIpc) is 3.16. The van der Waals surface area contributed by atoms with E-state index in [9.17, 15) is 9.59 Å². The number of hydrogen-bond donors (Lipinski definition) is 0. The van der Waals surface area contributed by atoms with Crippen LogP contribution in [0.5, 0.6) is 0 Å². The highest BCUT2D eigenvalue weighted by molar-refractivity contribution is 5.91. The number of hydrogen-bond acceptors (Lipinski definition) is 4. The molecule has 3 aliphatic rings. The van der Waals surface area contributed by atoms with Crippen molar-refractivity contribution in [3.63, 3.8) is 0 Å². The predicted octanol–water partition coefficient (Wildman–Crippen LogP) is 1.92. The van der Waals surface area contributed by atoms with Crippen molar-refractivity contribution in [2.24, 2.45) is 11.8 Å². The van der Waals surface area contributed by atoms with Crippen LogP contribution in [0.3, 0.4) is 0 Å². The lowest BCUT2D eigenvalue weighted by atomic mass is 9.77. The number of esters is 1. The topological polar surface area (TPSA) is 55.8 Å². The van der Waals surface area contributed by atoms with Gasteiger partial charge in [0.15, 0.2) is 0 Å². The Hall–Kier alpha value is -2.14. The molecule has 2 fully saturated rings. The lowest BCUT2D eigenvalue weighted by Crippen LogP contribution is -2.40. The van der Waals surface area contributed by atoms with Crippen molar-refractivity contribution in [2.75, 3.05) is 6.54 Å². The average molecular weight is 327 g/mol. The van der Waals surface area contributed by atoms with Crippen LogP contribution >= 0.6 is 0 Å². The Kier molecular flexibility index (Phi) is 3.49. The third-order valence-corrected chi connectivity index (χ3v) is 5.02. The molecule has 2 saturated heterocycles. The maximum absolute atomic E-state index is 13.0. The SMILES string of the molecule is CC(C)OC(=O)[C@H]1[C@H]2C(=O)N(Cc3ccccc3)C[C@]23C=C[C@H]1O3. The summed E-state index contributed by atoms with van der Waals surface area (Å²) in [5.74, 6) is -1.36. The van der Waals surface area contributed by atoms with E-state index in [1.807, 2.05) is 56.3 Å². The molecule has 1 spiro atoms. The Morgan fingerprint density at radius 2 is 2.12 bits per heavy atom. The molecule has 2 bridgehead atoms. The number of carbonyl (C=O) groups is 2. The van der Waals surface area contributed by atoms with Crippen LogP contribution in [0, 0.1) is 11.8 Å². The molecule has 3 aliphatic heterocycles. The maximum atomic E-state index is 13.0. The van der Waals surface area contributed by atoms with Crippen LogP contribution in [0.15, 0.2) is 42.5 Å². The molecule has 0 unspecified atom stereocenters. The van der Waals surface area contributed by atoms with E-state index in [4.69, 9.17) is 9.47 Å². The number of rotatable bonds is 4. The number of likely N-dealkylation sites (tertiary alicyclic amines) is 1. The molecule has 0 aromatic heterocycles. The summed E-state index contributed by atoms with van der Waals surface area (Å²) in [6.45, 7) is 4.65. The van der Waals surface area contributed by atoms with Gasteiger partial charge in [-0.2, -0.15) is 0 Å². The van der Waals surface area contributed by atoms with E-state index in [0.717, 1.165) is 5.56 Å². The molecule has 24 heavy (non-hydrogen) atoms. The van der Waals surface area contributed by atoms with E-state index < -0.39 is 17.4 Å². The largest absolute Gasteiger partial charge is 0.463 e. The summed E-state index contributed by atoms with van der Waals surface area (Å²) in [6, 6.07) is 9.86. The van der Waals surface area contributed by atoms with Crippen molar-refractivity contribution < 1.29 is 19.1 Å². The minimum absolute atomic E-state index is 0.0172. The molecule has 3 heterocycles. The van der Waals surface area contributed by atoms with Crippen molar-refractivity contribution >= 4 is 11.9 Å². The lowest BCUT2D eigenvalue weighted by molar-refractivity contribution is -0.157. The first-order chi connectivity index (χ1) is 11.5. The Bertz CT molecular complexity index is 699. The van der Waals surface area contributed by atoms with Gasteiger partial charge in [-0.15, -0.1) is 0 Å². The first-order valence-electron chi connectivity index (χ1n) is 8.40. The fraction of sp³-hybridized carbons (Fsp3) is 0.474. The second kappa shape index (κ2) is 5.45. The second-order valence-electron chi connectivity index (χ2n) is 7.07. The summed E-state index contributed by atoms with van der Waals surface area (Å²) >= 11 is 0. The smallest absolute Gasteiger partial charge is 0.313 e. The predicted molar refractivity (Wildman–Crippen MR) is 86.8 cm³/mol. The van der Waals surface area contributed by atoms with E-state index in [2.05, 4.69) is 0 Å². The molecule has 0 radical (unpaired) electrons. The highest BCUT2D eigenvalue weighted by Crippen LogP contribution is 2.52. The zero-order valence-electron chi connectivity index (χ0n) is 13.8. The van der Waals surface area contributed by atoms with Crippen LogP contribution in [0.1, 0.15) is 19.4 Å². The first-order valence-corrected chi connectivity index (χ1v) is 8.40. The fourth-order valence-electron chi connectivity index (χ4n) is 4.10.